The average molecular weight is 555 g/mol. The summed E-state index contributed by atoms with van der Waals surface area (Å²) in [5.74, 6) is 2.94. The lowest BCUT2D eigenvalue weighted by atomic mass is 10.2. The Morgan fingerprint density at radius 2 is 2.10 bits per heavy atom. The van der Waals surface area contributed by atoms with Crippen LogP contribution < -0.4 is 10.6 Å². The van der Waals surface area contributed by atoms with Crippen molar-refractivity contribution in [2.24, 2.45) is 4.99 Å². The number of fused-ring (bicyclic) bond motifs is 2. The lowest BCUT2D eigenvalue weighted by Gasteiger charge is -2.14. The summed E-state index contributed by atoms with van der Waals surface area (Å²) < 4.78 is 3.50. The van der Waals surface area contributed by atoms with Crippen LogP contribution in [0.15, 0.2) is 35.3 Å². The molecule has 1 aliphatic rings. The van der Waals surface area contributed by atoms with Crippen molar-refractivity contribution >= 4 is 51.4 Å². The number of hydrogen-bond acceptors (Lipinski definition) is 5. The van der Waals surface area contributed by atoms with E-state index in [2.05, 4.69) is 48.6 Å². The summed E-state index contributed by atoms with van der Waals surface area (Å²) in [6.45, 7) is 2.26. The maximum absolute atomic E-state index is 10.5. The third-order valence-corrected chi connectivity index (χ3v) is 6.73. The van der Waals surface area contributed by atoms with Crippen molar-refractivity contribution in [1.82, 2.24) is 25.4 Å². The van der Waals surface area contributed by atoms with Gasteiger partial charge in [-0.15, -0.1) is 45.5 Å². The van der Waals surface area contributed by atoms with Gasteiger partial charge in [0.1, 0.15) is 17.8 Å². The number of benzene rings is 1. The molecule has 0 radical (unpaired) electrons. The van der Waals surface area contributed by atoms with E-state index < -0.39 is 6.10 Å². The second-order valence-electron chi connectivity index (χ2n) is 7.68. The van der Waals surface area contributed by atoms with Gasteiger partial charge in [-0.3, -0.25) is 4.99 Å². The molecular formula is C22H31IN6OS. The molecule has 0 saturated carbocycles. The second kappa shape index (κ2) is 11.8. The number of guanidine groups is 1. The van der Waals surface area contributed by atoms with Crippen LogP contribution in [-0.4, -0.2) is 46.0 Å². The molecule has 0 saturated heterocycles. The van der Waals surface area contributed by atoms with Gasteiger partial charge in [-0.1, -0.05) is 24.6 Å². The quantitative estimate of drug-likeness (QED) is 0.180. The molecule has 9 heteroatoms. The normalized spacial score (nSPS) is 15.1. The fourth-order valence-corrected chi connectivity index (χ4v) is 4.92. The Morgan fingerprint density at radius 1 is 1.23 bits per heavy atom. The zero-order chi connectivity index (χ0) is 20.8. The van der Waals surface area contributed by atoms with E-state index in [9.17, 15) is 5.11 Å². The average Bonchev–Trinajstić information content (AvgIpc) is 3.29. The minimum atomic E-state index is -0.563. The maximum atomic E-state index is 10.5. The molecule has 0 bridgehead atoms. The van der Waals surface area contributed by atoms with Crippen LogP contribution in [0.5, 0.6) is 0 Å². The van der Waals surface area contributed by atoms with Gasteiger partial charge in [0.05, 0.1) is 0 Å². The maximum Gasteiger partial charge on any atom is 0.191 e. The summed E-state index contributed by atoms with van der Waals surface area (Å²) in [6.07, 6.45) is 6.06. The summed E-state index contributed by atoms with van der Waals surface area (Å²) >= 11 is 1.63. The number of halogens is 1. The van der Waals surface area contributed by atoms with Gasteiger partial charge in [-0.25, -0.2) is 0 Å². The Balaban J connectivity index is 0.00000272. The van der Waals surface area contributed by atoms with Crippen molar-refractivity contribution in [1.29, 1.82) is 0 Å². The first-order chi connectivity index (χ1) is 14.7. The van der Waals surface area contributed by atoms with Gasteiger partial charge >= 0.3 is 0 Å². The Kier molecular flexibility index (Phi) is 9.09. The summed E-state index contributed by atoms with van der Waals surface area (Å²) in [5, 5.41) is 27.0. The van der Waals surface area contributed by atoms with Crippen LogP contribution in [0.3, 0.4) is 0 Å². The number of aromatic nitrogens is 3. The molecule has 4 rings (SSSR count). The Hall–Kier alpha value is -1.72. The number of hydrogen-bond donors (Lipinski definition) is 3. The van der Waals surface area contributed by atoms with Crippen molar-refractivity contribution in [3.8, 4) is 0 Å². The number of aryl methyl sites for hydroxylation is 2. The van der Waals surface area contributed by atoms with E-state index in [4.69, 9.17) is 0 Å². The number of aliphatic hydroxyl groups excluding tert-OH is 1. The molecule has 31 heavy (non-hydrogen) atoms. The molecule has 7 nitrogen and oxygen atoms in total. The highest BCUT2D eigenvalue weighted by atomic mass is 127. The highest BCUT2D eigenvalue weighted by molar-refractivity contribution is 14.0. The van der Waals surface area contributed by atoms with Crippen molar-refractivity contribution in [2.45, 2.75) is 51.2 Å². The van der Waals surface area contributed by atoms with Crippen molar-refractivity contribution in [3.05, 3.63) is 46.9 Å². The van der Waals surface area contributed by atoms with Crippen LogP contribution in [0.1, 0.15) is 48.3 Å². The molecule has 168 valence electrons. The van der Waals surface area contributed by atoms with Crippen molar-refractivity contribution < 1.29 is 5.11 Å². The number of nitrogens with one attached hydrogen (secondary N) is 2. The zero-order valence-electron chi connectivity index (χ0n) is 17.9. The highest BCUT2D eigenvalue weighted by Crippen LogP contribution is 2.29. The summed E-state index contributed by atoms with van der Waals surface area (Å²) in [5.41, 5.74) is 0. The molecule has 0 spiro atoms. The van der Waals surface area contributed by atoms with Crippen molar-refractivity contribution in [3.63, 3.8) is 0 Å². The van der Waals surface area contributed by atoms with E-state index in [1.54, 1.807) is 18.4 Å². The molecule has 1 aromatic carbocycles. The number of aliphatic imine (C=N–C) groups is 1. The molecule has 2 aromatic heterocycles. The number of aliphatic hydroxyl groups is 1. The van der Waals surface area contributed by atoms with E-state index in [0.717, 1.165) is 48.9 Å². The number of thiophene rings is 1. The molecule has 0 fully saturated rings. The van der Waals surface area contributed by atoms with E-state index >= 15 is 0 Å². The first-order valence-electron chi connectivity index (χ1n) is 10.8. The van der Waals surface area contributed by atoms with Crippen LogP contribution in [-0.2, 0) is 19.4 Å². The van der Waals surface area contributed by atoms with Crippen LogP contribution in [0, 0.1) is 0 Å². The predicted octanol–water partition coefficient (Wildman–Crippen LogP) is 3.67. The minimum absolute atomic E-state index is 0. The highest BCUT2D eigenvalue weighted by Gasteiger charge is 2.15. The minimum Gasteiger partial charge on any atom is -0.386 e. The third kappa shape index (κ3) is 6.17. The van der Waals surface area contributed by atoms with E-state index in [0.29, 0.717) is 12.5 Å². The molecule has 1 unspecified atom stereocenters. The zero-order valence-corrected chi connectivity index (χ0v) is 21.0. The monoisotopic (exact) mass is 554 g/mol. The van der Waals surface area contributed by atoms with Crippen molar-refractivity contribution in [2.75, 3.05) is 20.1 Å². The first-order valence-corrected chi connectivity index (χ1v) is 11.6. The van der Waals surface area contributed by atoms with Crippen LogP contribution in [0.2, 0.25) is 0 Å². The second-order valence-corrected chi connectivity index (χ2v) is 8.80. The van der Waals surface area contributed by atoms with Gasteiger partial charge in [0.25, 0.3) is 0 Å². The smallest absolute Gasteiger partial charge is 0.191 e. The fourth-order valence-electron chi connectivity index (χ4n) is 3.86. The van der Waals surface area contributed by atoms with Gasteiger partial charge in [0.15, 0.2) is 5.96 Å². The first kappa shape index (κ1) is 23.9. The molecule has 0 amide bonds. The molecule has 1 atom stereocenters. The molecule has 3 heterocycles. The fraction of sp³-hybridized carbons (Fsp3) is 0.500. The SMILES string of the molecule is CN=C(NCCCc1nnc2n1CCCCC2)NCC(O)c1cc2ccccc2s1.I. The summed E-state index contributed by atoms with van der Waals surface area (Å²) in [4.78, 5) is 5.23. The lowest BCUT2D eigenvalue weighted by Crippen LogP contribution is -2.39. The van der Waals surface area contributed by atoms with E-state index in [1.807, 2.05) is 12.1 Å². The largest absolute Gasteiger partial charge is 0.386 e. The van der Waals surface area contributed by atoms with Crippen LogP contribution >= 0.6 is 35.3 Å². The third-order valence-electron chi connectivity index (χ3n) is 5.52. The van der Waals surface area contributed by atoms with Crippen LogP contribution in [0.25, 0.3) is 10.1 Å². The molecule has 3 aromatic rings. The molecule has 0 aliphatic carbocycles. The van der Waals surface area contributed by atoms with Gasteiger partial charge < -0.3 is 20.3 Å². The molecule has 3 N–H and O–H groups in total. The van der Waals surface area contributed by atoms with Gasteiger partial charge in [0, 0.05) is 49.1 Å². The lowest BCUT2D eigenvalue weighted by molar-refractivity contribution is 0.184. The standard InChI is InChI=1S/C22H30N6OS.HI/c1-23-22(25-15-17(29)19-14-16-8-4-5-9-18(16)30-19)24-12-7-11-21-27-26-20-10-3-2-6-13-28(20)21;/h4-5,8-9,14,17,29H,2-3,6-7,10-13,15H2,1H3,(H2,23,24,25);1H. The summed E-state index contributed by atoms with van der Waals surface area (Å²) in [6, 6.07) is 10.3. The topological polar surface area (TPSA) is 87.4 Å². The summed E-state index contributed by atoms with van der Waals surface area (Å²) in [7, 11) is 1.75. The van der Waals surface area contributed by atoms with Crippen LogP contribution in [0.4, 0.5) is 0 Å². The Morgan fingerprint density at radius 3 is 2.94 bits per heavy atom. The van der Waals surface area contributed by atoms with Gasteiger partial charge in [0.2, 0.25) is 0 Å². The Labute approximate surface area is 204 Å². The van der Waals surface area contributed by atoms with E-state index in [-0.39, 0.29) is 24.0 Å². The molecular weight excluding hydrogens is 523 g/mol. The van der Waals surface area contributed by atoms with Gasteiger partial charge in [-0.05, 0) is 36.8 Å². The molecule has 1 aliphatic heterocycles. The van der Waals surface area contributed by atoms with Gasteiger partial charge in [-0.2, -0.15) is 0 Å². The Bertz CT molecular complexity index is 968. The predicted molar refractivity (Wildman–Crippen MR) is 137 cm³/mol. The number of nitrogens with zero attached hydrogens (tertiary/aromatic N) is 4. The number of rotatable bonds is 7. The van der Waals surface area contributed by atoms with E-state index in [1.165, 1.54) is 29.3 Å².